The third-order valence-corrected chi connectivity index (χ3v) is 2.81. The van der Waals surface area contributed by atoms with Gasteiger partial charge in [0.1, 0.15) is 0 Å². The fraction of sp³-hybridized carbons (Fsp3) is 0.273. The lowest BCUT2D eigenvalue weighted by Gasteiger charge is -2.29. The zero-order valence-corrected chi connectivity index (χ0v) is 9.12. The Balaban J connectivity index is 2.22. The maximum absolute atomic E-state index is 5.84. The average Bonchev–Trinajstić information content (AvgIpc) is 2.50. The van der Waals surface area contributed by atoms with E-state index in [9.17, 15) is 0 Å². The molecule has 1 heterocycles. The molecule has 0 fully saturated rings. The SMILES string of the molecule is CC1=CCN(c2ccc(Cl)cc2)N1C. The second kappa shape index (κ2) is 3.54. The Bertz CT molecular complexity index is 356. The van der Waals surface area contributed by atoms with Crippen molar-refractivity contribution in [1.29, 1.82) is 0 Å². The van der Waals surface area contributed by atoms with Gasteiger partial charge in [-0.1, -0.05) is 11.6 Å². The van der Waals surface area contributed by atoms with Crippen molar-refractivity contribution in [3.05, 3.63) is 41.1 Å². The number of hydrazine groups is 1. The first-order valence-electron chi connectivity index (χ1n) is 4.62. The molecule has 0 atom stereocenters. The fourth-order valence-corrected chi connectivity index (χ4v) is 1.68. The van der Waals surface area contributed by atoms with Crippen LogP contribution in [0.1, 0.15) is 6.92 Å². The predicted molar refractivity (Wildman–Crippen MR) is 60.3 cm³/mol. The summed E-state index contributed by atoms with van der Waals surface area (Å²) in [6.45, 7) is 3.04. The summed E-state index contributed by atoms with van der Waals surface area (Å²) in [5, 5.41) is 5.12. The van der Waals surface area contributed by atoms with E-state index in [1.54, 1.807) is 0 Å². The Morgan fingerprint density at radius 3 is 2.36 bits per heavy atom. The highest BCUT2D eigenvalue weighted by molar-refractivity contribution is 6.30. The Morgan fingerprint density at radius 2 is 1.86 bits per heavy atom. The van der Waals surface area contributed by atoms with Crippen LogP contribution in [0.4, 0.5) is 5.69 Å². The van der Waals surface area contributed by atoms with Crippen LogP contribution in [0.5, 0.6) is 0 Å². The molecular formula is C11H13ClN2. The second-order valence-electron chi connectivity index (χ2n) is 3.43. The van der Waals surface area contributed by atoms with Crippen LogP contribution < -0.4 is 5.01 Å². The maximum Gasteiger partial charge on any atom is 0.0597 e. The summed E-state index contributed by atoms with van der Waals surface area (Å²) in [5.41, 5.74) is 2.45. The predicted octanol–water partition coefficient (Wildman–Crippen LogP) is 2.91. The van der Waals surface area contributed by atoms with E-state index in [0.29, 0.717) is 0 Å². The van der Waals surface area contributed by atoms with Gasteiger partial charge in [0.25, 0.3) is 0 Å². The van der Waals surface area contributed by atoms with Gasteiger partial charge in [0, 0.05) is 17.8 Å². The zero-order valence-electron chi connectivity index (χ0n) is 8.37. The van der Waals surface area contributed by atoms with E-state index in [-0.39, 0.29) is 0 Å². The van der Waals surface area contributed by atoms with Crippen LogP contribution in [-0.2, 0) is 0 Å². The minimum Gasteiger partial charge on any atom is -0.293 e. The van der Waals surface area contributed by atoms with Crippen molar-refractivity contribution in [2.24, 2.45) is 0 Å². The number of nitrogens with zero attached hydrogens (tertiary/aromatic N) is 2. The minimum absolute atomic E-state index is 0.778. The van der Waals surface area contributed by atoms with Crippen LogP contribution in [0.15, 0.2) is 36.0 Å². The van der Waals surface area contributed by atoms with Crippen molar-refractivity contribution in [2.45, 2.75) is 6.92 Å². The van der Waals surface area contributed by atoms with Gasteiger partial charge in [-0.05, 0) is 37.3 Å². The summed E-state index contributed by atoms with van der Waals surface area (Å²) >= 11 is 5.84. The molecule has 0 amide bonds. The van der Waals surface area contributed by atoms with Crippen LogP contribution in [0, 0.1) is 0 Å². The summed E-state index contributed by atoms with van der Waals surface area (Å²) < 4.78 is 0. The molecular weight excluding hydrogens is 196 g/mol. The van der Waals surface area contributed by atoms with E-state index in [1.807, 2.05) is 24.3 Å². The minimum atomic E-state index is 0.778. The van der Waals surface area contributed by atoms with Gasteiger partial charge in [-0.2, -0.15) is 0 Å². The molecule has 0 bridgehead atoms. The molecule has 0 N–H and O–H groups in total. The normalized spacial score (nSPS) is 16.1. The molecule has 0 aliphatic carbocycles. The number of anilines is 1. The number of benzene rings is 1. The van der Waals surface area contributed by atoms with Crippen LogP contribution >= 0.6 is 11.6 Å². The highest BCUT2D eigenvalue weighted by atomic mass is 35.5. The van der Waals surface area contributed by atoms with Gasteiger partial charge in [0.05, 0.1) is 12.2 Å². The molecule has 1 aliphatic rings. The van der Waals surface area contributed by atoms with Crippen LogP contribution in [0.2, 0.25) is 5.02 Å². The molecule has 0 aromatic heterocycles. The number of hydrogen-bond acceptors (Lipinski definition) is 2. The van der Waals surface area contributed by atoms with Crippen LogP contribution in [-0.4, -0.2) is 18.6 Å². The molecule has 1 aromatic carbocycles. The lowest BCUT2D eigenvalue weighted by molar-refractivity contribution is 0.422. The molecule has 2 rings (SSSR count). The Hall–Kier alpha value is -1.15. The summed E-state index contributed by atoms with van der Waals surface area (Å²) in [6.07, 6.45) is 2.20. The second-order valence-corrected chi connectivity index (χ2v) is 3.86. The van der Waals surface area contributed by atoms with E-state index >= 15 is 0 Å². The topological polar surface area (TPSA) is 6.48 Å². The molecule has 1 aliphatic heterocycles. The smallest absolute Gasteiger partial charge is 0.0597 e. The average molecular weight is 209 g/mol. The van der Waals surface area contributed by atoms with Gasteiger partial charge in [-0.3, -0.25) is 10.0 Å². The molecule has 0 saturated carbocycles. The number of rotatable bonds is 1. The maximum atomic E-state index is 5.84. The Morgan fingerprint density at radius 1 is 1.21 bits per heavy atom. The van der Waals surface area contributed by atoms with E-state index in [1.165, 1.54) is 11.4 Å². The first-order chi connectivity index (χ1) is 6.68. The first-order valence-corrected chi connectivity index (χ1v) is 5.00. The fourth-order valence-electron chi connectivity index (χ4n) is 1.56. The number of halogens is 1. The standard InChI is InChI=1S/C11H13ClN2/c1-9-7-8-14(13(9)2)11-5-3-10(12)4-6-11/h3-7H,8H2,1-2H3. The monoisotopic (exact) mass is 208 g/mol. The highest BCUT2D eigenvalue weighted by Crippen LogP contribution is 2.24. The van der Waals surface area contributed by atoms with Crippen molar-refractivity contribution in [2.75, 3.05) is 18.6 Å². The van der Waals surface area contributed by atoms with E-state index in [4.69, 9.17) is 11.6 Å². The molecule has 1 aromatic rings. The van der Waals surface area contributed by atoms with Crippen molar-refractivity contribution < 1.29 is 0 Å². The molecule has 3 heteroatoms. The van der Waals surface area contributed by atoms with Gasteiger partial charge < -0.3 is 0 Å². The zero-order chi connectivity index (χ0) is 10.1. The number of hydrogen-bond donors (Lipinski definition) is 0. The molecule has 74 valence electrons. The van der Waals surface area contributed by atoms with Gasteiger partial charge in [-0.15, -0.1) is 0 Å². The Labute approximate surface area is 89.4 Å². The summed E-state index contributed by atoms with van der Waals surface area (Å²) in [6, 6.07) is 7.90. The van der Waals surface area contributed by atoms with Crippen LogP contribution in [0.25, 0.3) is 0 Å². The van der Waals surface area contributed by atoms with Crippen molar-refractivity contribution >= 4 is 17.3 Å². The van der Waals surface area contributed by atoms with Crippen LogP contribution in [0.3, 0.4) is 0 Å². The van der Waals surface area contributed by atoms with E-state index in [2.05, 4.69) is 30.1 Å². The molecule has 0 radical (unpaired) electrons. The molecule has 14 heavy (non-hydrogen) atoms. The van der Waals surface area contributed by atoms with Crippen molar-refractivity contribution in [3.8, 4) is 0 Å². The summed E-state index contributed by atoms with van der Waals surface area (Å²) in [5.74, 6) is 0. The molecule has 2 nitrogen and oxygen atoms in total. The third kappa shape index (κ3) is 1.58. The van der Waals surface area contributed by atoms with E-state index in [0.717, 1.165) is 11.6 Å². The van der Waals surface area contributed by atoms with Gasteiger partial charge in [0.15, 0.2) is 0 Å². The Kier molecular flexibility index (Phi) is 2.38. The summed E-state index contributed by atoms with van der Waals surface area (Å²) in [4.78, 5) is 0. The van der Waals surface area contributed by atoms with Gasteiger partial charge in [0.2, 0.25) is 0 Å². The van der Waals surface area contributed by atoms with E-state index < -0.39 is 0 Å². The molecule has 0 unspecified atom stereocenters. The van der Waals surface area contributed by atoms with Crippen molar-refractivity contribution in [1.82, 2.24) is 5.01 Å². The third-order valence-electron chi connectivity index (χ3n) is 2.56. The lowest BCUT2D eigenvalue weighted by Crippen LogP contribution is -2.33. The molecule has 0 saturated heterocycles. The molecule has 0 spiro atoms. The quantitative estimate of drug-likeness (QED) is 0.700. The van der Waals surface area contributed by atoms with Gasteiger partial charge in [-0.25, -0.2) is 0 Å². The first kappa shape index (κ1) is 9.41. The number of allylic oxidation sites excluding steroid dienone is 1. The summed E-state index contributed by atoms with van der Waals surface area (Å²) in [7, 11) is 2.06. The lowest BCUT2D eigenvalue weighted by atomic mass is 10.3. The van der Waals surface area contributed by atoms with Gasteiger partial charge >= 0.3 is 0 Å². The highest BCUT2D eigenvalue weighted by Gasteiger charge is 2.16. The largest absolute Gasteiger partial charge is 0.293 e. The van der Waals surface area contributed by atoms with Crippen molar-refractivity contribution in [3.63, 3.8) is 0 Å².